The minimum atomic E-state index is -0.476. The molecule has 0 amide bonds. The summed E-state index contributed by atoms with van der Waals surface area (Å²) in [4.78, 5) is 35.7. The first-order valence-electron chi connectivity index (χ1n) is 11.5. The molecule has 9 heteroatoms. The Labute approximate surface area is 211 Å². The molecule has 0 radical (unpaired) electrons. The van der Waals surface area contributed by atoms with Gasteiger partial charge in [-0.25, -0.2) is 10.4 Å². The highest BCUT2D eigenvalue weighted by atomic mass is 16.6. The van der Waals surface area contributed by atoms with Gasteiger partial charge in [0.1, 0.15) is 0 Å². The number of hydrogen-bond donors (Lipinski definition) is 2. The van der Waals surface area contributed by atoms with E-state index in [9.17, 15) is 14.9 Å². The molecule has 0 aliphatic rings. The maximum absolute atomic E-state index is 13.2. The number of aromatic amines is 1. The van der Waals surface area contributed by atoms with Crippen molar-refractivity contribution in [1.29, 1.82) is 0 Å². The van der Waals surface area contributed by atoms with E-state index in [-0.39, 0.29) is 22.8 Å². The van der Waals surface area contributed by atoms with Crippen LogP contribution in [0.3, 0.4) is 0 Å². The van der Waals surface area contributed by atoms with Crippen LogP contribution in [0.4, 0.5) is 11.6 Å². The summed E-state index contributed by atoms with van der Waals surface area (Å²) in [5, 5.41) is 15.4. The highest BCUT2D eigenvalue weighted by molar-refractivity contribution is 5.95. The molecule has 2 aromatic heterocycles. The largest absolute Gasteiger partial charge is 0.291 e. The number of hydrazone groups is 1. The number of aromatic nitrogens is 3. The first-order valence-corrected chi connectivity index (χ1v) is 11.5. The highest BCUT2D eigenvalue weighted by Gasteiger charge is 2.15. The number of pyridine rings is 1. The van der Waals surface area contributed by atoms with Crippen LogP contribution in [0.2, 0.25) is 0 Å². The van der Waals surface area contributed by atoms with Gasteiger partial charge in [0.15, 0.2) is 5.65 Å². The zero-order valence-electron chi connectivity index (χ0n) is 20.1. The number of fused-ring (bicyclic) bond motifs is 1. The van der Waals surface area contributed by atoms with Crippen molar-refractivity contribution in [2.45, 2.75) is 13.8 Å². The maximum atomic E-state index is 13.2. The fourth-order valence-corrected chi connectivity index (χ4v) is 3.91. The second-order valence-electron chi connectivity index (χ2n) is 8.62. The SMILES string of the molecule is Cc1ccc(-c2cc(-c3ccc(C)cc3)c3c(=O)[nH]c(N/N=C/c4cccc([N+](=O)[O-])c4)nc3n2)cc1. The Bertz CT molecular complexity index is 1710. The number of hydrogen-bond acceptors (Lipinski definition) is 7. The highest BCUT2D eigenvalue weighted by Crippen LogP contribution is 2.30. The lowest BCUT2D eigenvalue weighted by Crippen LogP contribution is -2.13. The number of aryl methyl sites for hydroxylation is 2. The number of benzene rings is 3. The van der Waals surface area contributed by atoms with E-state index in [4.69, 9.17) is 4.98 Å². The van der Waals surface area contributed by atoms with E-state index in [0.717, 1.165) is 27.8 Å². The van der Waals surface area contributed by atoms with E-state index in [1.165, 1.54) is 18.3 Å². The fraction of sp³-hybridized carbons (Fsp3) is 0.0714. The van der Waals surface area contributed by atoms with Crippen LogP contribution in [-0.4, -0.2) is 26.1 Å². The van der Waals surface area contributed by atoms with Crippen molar-refractivity contribution >= 4 is 28.9 Å². The van der Waals surface area contributed by atoms with E-state index in [1.54, 1.807) is 12.1 Å². The van der Waals surface area contributed by atoms with Gasteiger partial charge in [0.2, 0.25) is 5.95 Å². The summed E-state index contributed by atoms with van der Waals surface area (Å²) in [5.41, 5.74) is 8.52. The summed E-state index contributed by atoms with van der Waals surface area (Å²) in [7, 11) is 0. The predicted molar refractivity (Wildman–Crippen MR) is 145 cm³/mol. The van der Waals surface area contributed by atoms with Crippen LogP contribution in [0.1, 0.15) is 16.7 Å². The molecule has 0 fully saturated rings. The maximum Gasteiger partial charge on any atom is 0.270 e. The van der Waals surface area contributed by atoms with Crippen molar-refractivity contribution in [2.24, 2.45) is 5.10 Å². The van der Waals surface area contributed by atoms with Crippen LogP contribution in [0.5, 0.6) is 0 Å². The number of nitrogens with zero attached hydrogens (tertiary/aromatic N) is 4. The molecule has 0 unspecified atom stereocenters. The molecule has 5 rings (SSSR count). The lowest BCUT2D eigenvalue weighted by atomic mass is 9.99. The van der Waals surface area contributed by atoms with Gasteiger partial charge < -0.3 is 0 Å². The quantitative estimate of drug-likeness (QED) is 0.181. The molecule has 3 aromatic carbocycles. The third-order valence-corrected chi connectivity index (χ3v) is 5.85. The molecule has 0 bridgehead atoms. The summed E-state index contributed by atoms with van der Waals surface area (Å²) in [6.07, 6.45) is 1.41. The Hall–Kier alpha value is -5.18. The van der Waals surface area contributed by atoms with E-state index in [0.29, 0.717) is 16.6 Å². The fourth-order valence-electron chi connectivity index (χ4n) is 3.91. The lowest BCUT2D eigenvalue weighted by Gasteiger charge is -2.11. The van der Waals surface area contributed by atoms with Gasteiger partial charge in [0, 0.05) is 28.8 Å². The zero-order chi connectivity index (χ0) is 25.9. The van der Waals surface area contributed by atoms with Gasteiger partial charge in [-0.05, 0) is 25.5 Å². The normalized spacial score (nSPS) is 11.2. The number of rotatable bonds is 6. The second kappa shape index (κ2) is 9.82. The molecule has 9 nitrogen and oxygen atoms in total. The van der Waals surface area contributed by atoms with Crippen LogP contribution in [0.25, 0.3) is 33.4 Å². The number of nitro benzene ring substituents is 1. The van der Waals surface area contributed by atoms with Crippen LogP contribution < -0.4 is 11.0 Å². The molecule has 182 valence electrons. The zero-order valence-corrected chi connectivity index (χ0v) is 20.1. The molecule has 0 spiro atoms. The molecule has 0 atom stereocenters. The van der Waals surface area contributed by atoms with Gasteiger partial charge in [0.05, 0.1) is 22.2 Å². The number of nitrogens with one attached hydrogen (secondary N) is 2. The Kier molecular flexibility index (Phi) is 6.25. The van der Waals surface area contributed by atoms with Crippen molar-refractivity contribution in [3.05, 3.63) is 116 Å². The molecular weight excluding hydrogens is 468 g/mol. The lowest BCUT2D eigenvalue weighted by molar-refractivity contribution is -0.384. The van der Waals surface area contributed by atoms with Crippen LogP contribution in [0.15, 0.2) is 88.8 Å². The van der Waals surface area contributed by atoms with E-state index in [2.05, 4.69) is 20.5 Å². The topological polar surface area (TPSA) is 126 Å². The summed E-state index contributed by atoms with van der Waals surface area (Å²) in [5.74, 6) is 0.0996. The van der Waals surface area contributed by atoms with Crippen molar-refractivity contribution in [3.8, 4) is 22.4 Å². The van der Waals surface area contributed by atoms with Crippen molar-refractivity contribution in [2.75, 3.05) is 5.43 Å². The van der Waals surface area contributed by atoms with Gasteiger partial charge in [-0.2, -0.15) is 10.1 Å². The Morgan fingerprint density at radius 3 is 2.27 bits per heavy atom. The van der Waals surface area contributed by atoms with Crippen LogP contribution in [0, 0.1) is 24.0 Å². The molecule has 2 N–H and O–H groups in total. The molecule has 2 heterocycles. The average molecular weight is 491 g/mol. The molecule has 0 aliphatic carbocycles. The molecular formula is C28H22N6O3. The summed E-state index contributed by atoms with van der Waals surface area (Å²) >= 11 is 0. The van der Waals surface area contributed by atoms with Crippen molar-refractivity contribution in [3.63, 3.8) is 0 Å². The minimum absolute atomic E-state index is 0.0438. The van der Waals surface area contributed by atoms with Gasteiger partial charge in [-0.3, -0.25) is 19.9 Å². The Balaban J connectivity index is 1.58. The van der Waals surface area contributed by atoms with Gasteiger partial charge in [0.25, 0.3) is 11.2 Å². The number of non-ortho nitro benzene ring substituents is 1. The predicted octanol–water partition coefficient (Wildman–Crippen LogP) is 5.62. The Morgan fingerprint density at radius 1 is 0.919 bits per heavy atom. The van der Waals surface area contributed by atoms with E-state index < -0.39 is 4.92 Å². The third-order valence-electron chi connectivity index (χ3n) is 5.85. The number of nitro groups is 1. The van der Waals surface area contributed by atoms with Crippen LogP contribution in [-0.2, 0) is 0 Å². The smallest absolute Gasteiger partial charge is 0.270 e. The van der Waals surface area contributed by atoms with Gasteiger partial charge in [-0.15, -0.1) is 0 Å². The van der Waals surface area contributed by atoms with E-state index in [1.807, 2.05) is 68.4 Å². The Morgan fingerprint density at radius 2 is 1.59 bits per heavy atom. The molecule has 5 aromatic rings. The first kappa shape index (κ1) is 23.6. The summed E-state index contributed by atoms with van der Waals surface area (Å²) in [6.45, 7) is 4.02. The molecule has 0 saturated heterocycles. The van der Waals surface area contributed by atoms with Crippen LogP contribution >= 0.6 is 0 Å². The number of anilines is 1. The first-order chi connectivity index (χ1) is 17.9. The molecule has 0 saturated carbocycles. The monoisotopic (exact) mass is 490 g/mol. The second-order valence-corrected chi connectivity index (χ2v) is 8.62. The summed E-state index contributed by atoms with van der Waals surface area (Å²) < 4.78 is 0. The van der Waals surface area contributed by atoms with Gasteiger partial charge >= 0.3 is 0 Å². The van der Waals surface area contributed by atoms with Gasteiger partial charge in [-0.1, -0.05) is 71.8 Å². The molecule has 0 aliphatic heterocycles. The van der Waals surface area contributed by atoms with E-state index >= 15 is 0 Å². The van der Waals surface area contributed by atoms with Crippen molar-refractivity contribution < 1.29 is 4.92 Å². The number of H-pyrrole nitrogens is 1. The average Bonchev–Trinajstić information content (AvgIpc) is 2.89. The standard InChI is InChI=1S/C28H22N6O3/c1-17-6-10-20(11-7-17)23-15-24(21-12-8-18(2)9-13-21)30-26-25(23)27(35)32-28(31-26)33-29-16-19-4-3-5-22(14-19)34(36)37/h3-16H,1-2H3,(H2,30,31,32,33,35)/b29-16+. The van der Waals surface area contributed by atoms with Crippen molar-refractivity contribution in [1.82, 2.24) is 15.0 Å². The molecule has 37 heavy (non-hydrogen) atoms. The summed E-state index contributed by atoms with van der Waals surface area (Å²) in [6, 6.07) is 23.9. The third kappa shape index (κ3) is 5.10. The minimum Gasteiger partial charge on any atom is -0.291 e.